The summed E-state index contributed by atoms with van der Waals surface area (Å²) in [5.41, 5.74) is 5.17. The summed E-state index contributed by atoms with van der Waals surface area (Å²) in [5.74, 6) is 0.183. The first-order chi connectivity index (χ1) is 5.34. The second kappa shape index (κ2) is 4.31. The van der Waals surface area contributed by atoms with Crippen molar-refractivity contribution in [1.82, 2.24) is 5.32 Å². The van der Waals surface area contributed by atoms with Crippen molar-refractivity contribution < 1.29 is 9.53 Å². The molecule has 0 aromatic heterocycles. The van der Waals surface area contributed by atoms with Crippen LogP contribution in [0.4, 0.5) is 0 Å². The van der Waals surface area contributed by atoms with Crippen molar-refractivity contribution in [2.75, 3.05) is 19.9 Å². The van der Waals surface area contributed by atoms with E-state index in [0.717, 1.165) is 12.8 Å². The van der Waals surface area contributed by atoms with Crippen LogP contribution in [0.1, 0.15) is 12.8 Å². The van der Waals surface area contributed by atoms with E-state index in [1.807, 2.05) is 0 Å². The van der Waals surface area contributed by atoms with E-state index in [4.69, 9.17) is 10.5 Å². The summed E-state index contributed by atoms with van der Waals surface area (Å²) < 4.78 is 5.12. The first-order valence-corrected chi connectivity index (χ1v) is 3.90. The lowest BCUT2D eigenvalue weighted by molar-refractivity contribution is -0.127. The van der Waals surface area contributed by atoms with Crippen LogP contribution < -0.4 is 11.1 Å². The Bertz CT molecular complexity index is 132. The van der Waals surface area contributed by atoms with E-state index >= 15 is 0 Å². The number of hydrogen-bond donors (Lipinski definition) is 2. The maximum atomic E-state index is 11.2. The molecule has 0 atom stereocenters. The van der Waals surface area contributed by atoms with Crippen molar-refractivity contribution in [2.24, 2.45) is 11.7 Å². The molecule has 3 N–H and O–H groups in total. The molecule has 1 fully saturated rings. The SMILES string of the molecule is NCNC(=O)C1CCOCC1. The molecule has 0 bridgehead atoms. The van der Waals surface area contributed by atoms with Crippen molar-refractivity contribution in [3.8, 4) is 0 Å². The third-order valence-corrected chi connectivity index (χ3v) is 1.87. The summed E-state index contributed by atoms with van der Waals surface area (Å²) in [6, 6.07) is 0. The van der Waals surface area contributed by atoms with Crippen LogP contribution in [0.15, 0.2) is 0 Å². The largest absolute Gasteiger partial charge is 0.381 e. The molecule has 0 saturated carbocycles. The average molecular weight is 158 g/mol. The normalized spacial score (nSPS) is 19.7. The molecule has 64 valence electrons. The van der Waals surface area contributed by atoms with Crippen LogP contribution >= 0.6 is 0 Å². The highest BCUT2D eigenvalue weighted by atomic mass is 16.5. The van der Waals surface area contributed by atoms with Crippen LogP contribution in [-0.2, 0) is 9.53 Å². The molecule has 0 spiro atoms. The van der Waals surface area contributed by atoms with Crippen molar-refractivity contribution in [2.45, 2.75) is 12.8 Å². The maximum Gasteiger partial charge on any atom is 0.224 e. The number of amides is 1. The Hall–Kier alpha value is -0.610. The number of rotatable bonds is 2. The number of carbonyl (C=O) groups is 1. The first-order valence-electron chi connectivity index (χ1n) is 3.90. The molecule has 0 aromatic rings. The molecule has 4 nitrogen and oxygen atoms in total. The van der Waals surface area contributed by atoms with Crippen LogP contribution in [-0.4, -0.2) is 25.8 Å². The van der Waals surface area contributed by atoms with Gasteiger partial charge in [-0.2, -0.15) is 0 Å². The van der Waals surface area contributed by atoms with Crippen LogP contribution in [0.25, 0.3) is 0 Å². The molecule has 4 heteroatoms. The molecular weight excluding hydrogens is 144 g/mol. The van der Waals surface area contributed by atoms with E-state index in [1.165, 1.54) is 0 Å². The summed E-state index contributed by atoms with van der Waals surface area (Å²) in [5, 5.41) is 2.60. The second-order valence-corrected chi connectivity index (χ2v) is 2.63. The number of nitrogens with two attached hydrogens (primary N) is 1. The van der Waals surface area contributed by atoms with Gasteiger partial charge in [-0.15, -0.1) is 0 Å². The number of hydrogen-bond acceptors (Lipinski definition) is 3. The van der Waals surface area contributed by atoms with Gasteiger partial charge in [0.25, 0.3) is 0 Å². The highest BCUT2D eigenvalue weighted by molar-refractivity contribution is 5.78. The minimum Gasteiger partial charge on any atom is -0.381 e. The fraction of sp³-hybridized carbons (Fsp3) is 0.857. The number of ether oxygens (including phenoxy) is 1. The molecule has 1 rings (SSSR count). The van der Waals surface area contributed by atoms with Gasteiger partial charge in [-0.3, -0.25) is 4.79 Å². The van der Waals surface area contributed by atoms with Gasteiger partial charge in [0, 0.05) is 19.1 Å². The second-order valence-electron chi connectivity index (χ2n) is 2.63. The minimum absolute atomic E-state index is 0.0656. The highest BCUT2D eigenvalue weighted by Gasteiger charge is 2.20. The van der Waals surface area contributed by atoms with Gasteiger partial charge in [0.05, 0.1) is 6.67 Å². The zero-order valence-electron chi connectivity index (χ0n) is 6.51. The number of carbonyl (C=O) groups excluding carboxylic acids is 1. The molecule has 0 radical (unpaired) electrons. The molecule has 0 aliphatic carbocycles. The summed E-state index contributed by atoms with van der Waals surface area (Å²) in [4.78, 5) is 11.2. The van der Waals surface area contributed by atoms with Crippen molar-refractivity contribution in [1.29, 1.82) is 0 Å². The molecule has 1 saturated heterocycles. The maximum absolute atomic E-state index is 11.2. The van der Waals surface area contributed by atoms with Gasteiger partial charge >= 0.3 is 0 Å². The lowest BCUT2D eigenvalue weighted by Crippen LogP contribution is -2.37. The average Bonchev–Trinajstić information content (AvgIpc) is 2.07. The first kappa shape index (κ1) is 8.49. The Kier molecular flexibility index (Phi) is 3.32. The van der Waals surface area contributed by atoms with E-state index in [9.17, 15) is 4.79 Å². The Morgan fingerprint density at radius 1 is 1.55 bits per heavy atom. The molecular formula is C7H14N2O2. The third kappa shape index (κ3) is 2.48. The Morgan fingerprint density at radius 3 is 2.73 bits per heavy atom. The van der Waals surface area contributed by atoms with Crippen molar-refractivity contribution >= 4 is 5.91 Å². The predicted octanol–water partition coefficient (Wildman–Crippen LogP) is -0.555. The van der Waals surface area contributed by atoms with Gasteiger partial charge in [0.15, 0.2) is 0 Å². The van der Waals surface area contributed by atoms with Gasteiger partial charge in [0.2, 0.25) is 5.91 Å². The van der Waals surface area contributed by atoms with Gasteiger partial charge in [-0.05, 0) is 12.8 Å². The van der Waals surface area contributed by atoms with E-state index in [2.05, 4.69) is 5.32 Å². The van der Waals surface area contributed by atoms with Crippen LogP contribution in [0.2, 0.25) is 0 Å². The monoisotopic (exact) mass is 158 g/mol. The predicted molar refractivity (Wildman–Crippen MR) is 40.7 cm³/mol. The zero-order valence-corrected chi connectivity index (χ0v) is 6.51. The van der Waals surface area contributed by atoms with Crippen molar-refractivity contribution in [3.05, 3.63) is 0 Å². The smallest absolute Gasteiger partial charge is 0.224 e. The summed E-state index contributed by atoms with van der Waals surface area (Å²) in [6.45, 7) is 1.63. The lowest BCUT2D eigenvalue weighted by Gasteiger charge is -2.20. The topological polar surface area (TPSA) is 64.3 Å². The van der Waals surface area contributed by atoms with Crippen LogP contribution in [0.3, 0.4) is 0 Å². The fourth-order valence-corrected chi connectivity index (χ4v) is 1.20. The summed E-state index contributed by atoms with van der Waals surface area (Å²) in [6.07, 6.45) is 1.65. The van der Waals surface area contributed by atoms with Crippen LogP contribution in [0.5, 0.6) is 0 Å². The van der Waals surface area contributed by atoms with Crippen LogP contribution in [0, 0.1) is 5.92 Å². The Morgan fingerprint density at radius 2 is 2.18 bits per heavy atom. The lowest BCUT2D eigenvalue weighted by atomic mass is 10.00. The summed E-state index contributed by atoms with van der Waals surface area (Å²) in [7, 11) is 0. The molecule has 11 heavy (non-hydrogen) atoms. The fourth-order valence-electron chi connectivity index (χ4n) is 1.20. The molecule has 1 amide bonds. The number of nitrogens with one attached hydrogen (secondary N) is 1. The van der Waals surface area contributed by atoms with E-state index in [-0.39, 0.29) is 18.5 Å². The van der Waals surface area contributed by atoms with Gasteiger partial charge in [-0.1, -0.05) is 0 Å². The molecule has 0 unspecified atom stereocenters. The summed E-state index contributed by atoms with van der Waals surface area (Å²) >= 11 is 0. The molecule has 1 aliphatic rings. The minimum atomic E-state index is 0.0656. The van der Waals surface area contributed by atoms with Gasteiger partial charge in [-0.25, -0.2) is 0 Å². The third-order valence-electron chi connectivity index (χ3n) is 1.87. The van der Waals surface area contributed by atoms with E-state index < -0.39 is 0 Å². The van der Waals surface area contributed by atoms with E-state index in [0.29, 0.717) is 13.2 Å². The van der Waals surface area contributed by atoms with Crippen molar-refractivity contribution in [3.63, 3.8) is 0 Å². The molecule has 0 aromatic carbocycles. The Balaban J connectivity index is 2.27. The zero-order chi connectivity index (χ0) is 8.10. The quantitative estimate of drug-likeness (QED) is 0.530. The molecule has 1 aliphatic heterocycles. The van der Waals surface area contributed by atoms with E-state index in [1.54, 1.807) is 0 Å². The van der Waals surface area contributed by atoms with Gasteiger partial charge in [0.1, 0.15) is 0 Å². The molecule has 1 heterocycles. The standard InChI is InChI=1S/C7H14N2O2/c8-5-9-7(10)6-1-3-11-4-2-6/h6H,1-5,8H2,(H,9,10). The highest BCUT2D eigenvalue weighted by Crippen LogP contribution is 2.13. The van der Waals surface area contributed by atoms with Gasteiger partial charge < -0.3 is 15.8 Å². The Labute approximate surface area is 66.1 Å².